The van der Waals surface area contributed by atoms with Crippen molar-refractivity contribution in [2.75, 3.05) is 6.67 Å². The number of imide groups is 2. The molecule has 8 heteroatoms. The van der Waals surface area contributed by atoms with Gasteiger partial charge in [-0.2, -0.15) is 0 Å². The first-order valence-electron chi connectivity index (χ1n) is 9.04. The molecule has 6 aliphatic rings. The number of fused-ring (bicyclic) bond motifs is 4. The van der Waals surface area contributed by atoms with Crippen molar-refractivity contribution in [2.24, 2.45) is 23.7 Å². The average molecular weight is 346 g/mol. The van der Waals surface area contributed by atoms with Gasteiger partial charge in [-0.15, -0.1) is 0 Å². The number of ether oxygens (including phenoxy) is 2. The number of amides is 4. The van der Waals surface area contributed by atoms with E-state index in [1.54, 1.807) is 0 Å². The molecule has 0 bridgehead atoms. The number of likely N-dealkylation sites (tertiary alicyclic amines) is 2. The second kappa shape index (κ2) is 4.48. The molecule has 132 valence electrons. The van der Waals surface area contributed by atoms with Crippen molar-refractivity contribution in [3.63, 3.8) is 0 Å². The second-order valence-corrected chi connectivity index (χ2v) is 8.15. The van der Waals surface area contributed by atoms with Gasteiger partial charge in [0.1, 0.15) is 6.67 Å². The van der Waals surface area contributed by atoms with E-state index >= 15 is 0 Å². The summed E-state index contributed by atoms with van der Waals surface area (Å²) >= 11 is 0. The van der Waals surface area contributed by atoms with Gasteiger partial charge in [0.25, 0.3) is 0 Å². The van der Waals surface area contributed by atoms with Crippen molar-refractivity contribution < 1.29 is 28.7 Å². The molecule has 4 saturated heterocycles. The first kappa shape index (κ1) is 14.4. The molecule has 2 saturated carbocycles. The summed E-state index contributed by atoms with van der Waals surface area (Å²) in [7, 11) is 0. The molecule has 25 heavy (non-hydrogen) atoms. The molecule has 4 heterocycles. The summed E-state index contributed by atoms with van der Waals surface area (Å²) < 4.78 is 10.9. The lowest BCUT2D eigenvalue weighted by Crippen LogP contribution is -2.45. The van der Waals surface area contributed by atoms with E-state index in [4.69, 9.17) is 9.47 Å². The fourth-order valence-electron chi connectivity index (χ4n) is 5.38. The summed E-state index contributed by atoms with van der Waals surface area (Å²) in [6.07, 6.45) is 2.69. The van der Waals surface area contributed by atoms with E-state index in [9.17, 15) is 19.2 Å². The lowest BCUT2D eigenvalue weighted by atomic mass is 9.81. The maximum atomic E-state index is 12.7. The van der Waals surface area contributed by atoms with E-state index in [0.29, 0.717) is 25.7 Å². The van der Waals surface area contributed by atoms with Crippen LogP contribution in [0.25, 0.3) is 0 Å². The highest BCUT2D eigenvalue weighted by molar-refractivity contribution is 6.08. The molecule has 6 fully saturated rings. The quantitative estimate of drug-likeness (QED) is 0.483. The zero-order chi connectivity index (χ0) is 17.0. The van der Waals surface area contributed by atoms with Gasteiger partial charge in [0.15, 0.2) is 0 Å². The van der Waals surface area contributed by atoms with E-state index in [1.807, 2.05) is 0 Å². The van der Waals surface area contributed by atoms with Crippen molar-refractivity contribution >= 4 is 23.6 Å². The molecular weight excluding hydrogens is 328 g/mol. The Balaban J connectivity index is 1.23. The van der Waals surface area contributed by atoms with Gasteiger partial charge in [0.2, 0.25) is 23.6 Å². The average Bonchev–Trinajstić information content (AvgIpc) is 3.49. The topological polar surface area (TPSA) is 99.8 Å². The molecule has 0 spiro atoms. The minimum absolute atomic E-state index is 0.0996. The Kier molecular flexibility index (Phi) is 2.58. The first-order chi connectivity index (χ1) is 12.0. The standard InChI is InChI=1S/C17H18N2O6/c20-14-6-1-10-11(24-10)2-7(6)15(21)18(14)5-19-16(22)8-3-12-13(25-12)4-9(8)17(19)23/h6-13H,1-5H2. The largest absolute Gasteiger partial charge is 0.370 e. The lowest BCUT2D eigenvalue weighted by Gasteiger charge is -2.22. The highest BCUT2D eigenvalue weighted by Crippen LogP contribution is 2.49. The normalized spacial score (nSPS) is 49.8. The van der Waals surface area contributed by atoms with Gasteiger partial charge in [-0.1, -0.05) is 0 Å². The van der Waals surface area contributed by atoms with Crippen LogP contribution in [-0.2, 0) is 28.7 Å². The van der Waals surface area contributed by atoms with Gasteiger partial charge in [-0.05, 0) is 25.7 Å². The lowest BCUT2D eigenvalue weighted by molar-refractivity contribution is -0.149. The number of epoxide rings is 2. The maximum Gasteiger partial charge on any atom is 0.234 e. The third-order valence-corrected chi connectivity index (χ3v) is 6.91. The monoisotopic (exact) mass is 346 g/mol. The zero-order valence-electron chi connectivity index (χ0n) is 13.5. The second-order valence-electron chi connectivity index (χ2n) is 8.15. The van der Waals surface area contributed by atoms with Crippen molar-refractivity contribution in [1.82, 2.24) is 9.80 Å². The third kappa shape index (κ3) is 1.84. The van der Waals surface area contributed by atoms with Gasteiger partial charge in [0, 0.05) is 0 Å². The molecule has 0 aromatic carbocycles. The van der Waals surface area contributed by atoms with Crippen LogP contribution in [0.1, 0.15) is 25.7 Å². The fraction of sp³-hybridized carbons (Fsp3) is 0.765. The van der Waals surface area contributed by atoms with Crippen molar-refractivity contribution in [2.45, 2.75) is 50.1 Å². The molecule has 0 aromatic heterocycles. The number of hydrogen-bond acceptors (Lipinski definition) is 6. The highest BCUT2D eigenvalue weighted by atomic mass is 16.6. The van der Waals surface area contributed by atoms with Crippen LogP contribution in [0.3, 0.4) is 0 Å². The molecule has 2 aliphatic carbocycles. The summed E-state index contributed by atoms with van der Waals surface area (Å²) in [6, 6.07) is 0. The Hall–Kier alpha value is -1.80. The molecule has 6 rings (SSSR count). The number of carbonyl (C=O) groups is 4. The van der Waals surface area contributed by atoms with E-state index in [1.165, 1.54) is 0 Å². The van der Waals surface area contributed by atoms with Gasteiger partial charge < -0.3 is 9.47 Å². The summed E-state index contributed by atoms with van der Waals surface area (Å²) in [5, 5.41) is 0. The predicted molar refractivity (Wildman–Crippen MR) is 78.3 cm³/mol. The molecule has 8 unspecified atom stereocenters. The molecule has 8 atom stereocenters. The van der Waals surface area contributed by atoms with Crippen LogP contribution < -0.4 is 0 Å². The van der Waals surface area contributed by atoms with Crippen LogP contribution in [0.4, 0.5) is 0 Å². The van der Waals surface area contributed by atoms with E-state index in [2.05, 4.69) is 0 Å². The summed E-state index contributed by atoms with van der Waals surface area (Å²) in [6.45, 7) is -0.221. The van der Waals surface area contributed by atoms with Crippen LogP contribution >= 0.6 is 0 Å². The molecule has 0 radical (unpaired) electrons. The highest BCUT2D eigenvalue weighted by Gasteiger charge is 2.61. The molecule has 4 amide bonds. The number of rotatable bonds is 2. The smallest absolute Gasteiger partial charge is 0.234 e. The van der Waals surface area contributed by atoms with E-state index in [0.717, 1.165) is 9.80 Å². The molecule has 8 nitrogen and oxygen atoms in total. The van der Waals surface area contributed by atoms with Crippen molar-refractivity contribution in [3.05, 3.63) is 0 Å². The van der Waals surface area contributed by atoms with Gasteiger partial charge >= 0.3 is 0 Å². The fourth-order valence-corrected chi connectivity index (χ4v) is 5.38. The summed E-state index contributed by atoms with van der Waals surface area (Å²) in [4.78, 5) is 52.9. The Morgan fingerprint density at radius 3 is 1.16 bits per heavy atom. The van der Waals surface area contributed by atoms with E-state index in [-0.39, 0.29) is 78.4 Å². The number of hydrogen-bond donors (Lipinski definition) is 0. The number of nitrogens with zero attached hydrogens (tertiary/aromatic N) is 2. The molecule has 0 aromatic rings. The van der Waals surface area contributed by atoms with Crippen molar-refractivity contribution in [3.8, 4) is 0 Å². The van der Waals surface area contributed by atoms with Crippen LogP contribution in [0.15, 0.2) is 0 Å². The first-order valence-corrected chi connectivity index (χ1v) is 9.04. The Morgan fingerprint density at radius 2 is 0.880 bits per heavy atom. The maximum absolute atomic E-state index is 12.7. The van der Waals surface area contributed by atoms with Gasteiger partial charge in [-0.25, -0.2) is 0 Å². The Labute approximate surface area is 143 Å². The van der Waals surface area contributed by atoms with Gasteiger partial charge in [0.05, 0.1) is 48.1 Å². The molecule has 0 N–H and O–H groups in total. The van der Waals surface area contributed by atoms with Gasteiger partial charge in [-0.3, -0.25) is 29.0 Å². The minimum Gasteiger partial charge on any atom is -0.370 e. The number of carbonyl (C=O) groups excluding carboxylic acids is 4. The minimum atomic E-state index is -0.354. The summed E-state index contributed by atoms with van der Waals surface area (Å²) in [5.41, 5.74) is 0. The summed E-state index contributed by atoms with van der Waals surface area (Å²) in [5.74, 6) is -2.45. The molecule has 4 aliphatic heterocycles. The van der Waals surface area contributed by atoms with E-state index < -0.39 is 0 Å². The predicted octanol–water partition coefficient (Wildman–Crippen LogP) is -0.731. The Morgan fingerprint density at radius 1 is 0.600 bits per heavy atom. The SMILES string of the molecule is O=C1C2CC3OC3CC2C(=O)N1CN1C(=O)C2CC3OC3CC2C1=O. The Bertz CT molecular complexity index is 621. The van der Waals surface area contributed by atoms with Crippen LogP contribution in [0, 0.1) is 23.7 Å². The van der Waals surface area contributed by atoms with Crippen LogP contribution in [0.2, 0.25) is 0 Å². The third-order valence-electron chi connectivity index (χ3n) is 6.91. The molecular formula is C17H18N2O6. The van der Waals surface area contributed by atoms with Crippen molar-refractivity contribution in [1.29, 1.82) is 0 Å². The zero-order valence-corrected chi connectivity index (χ0v) is 13.5. The van der Waals surface area contributed by atoms with Crippen LogP contribution in [0.5, 0.6) is 0 Å². The van der Waals surface area contributed by atoms with Crippen LogP contribution in [-0.4, -0.2) is 64.5 Å².